The minimum atomic E-state index is -4.67. The summed E-state index contributed by atoms with van der Waals surface area (Å²) < 4.78 is 41.2. The van der Waals surface area contributed by atoms with E-state index in [1.807, 2.05) is 6.92 Å². The summed E-state index contributed by atoms with van der Waals surface area (Å²) in [7, 11) is 0. The fourth-order valence-electron chi connectivity index (χ4n) is 2.10. The molecule has 0 aliphatic rings. The van der Waals surface area contributed by atoms with Crippen LogP contribution in [0.5, 0.6) is 0 Å². The van der Waals surface area contributed by atoms with E-state index in [-0.39, 0.29) is 17.3 Å². The number of anilines is 1. The summed E-state index contributed by atoms with van der Waals surface area (Å²) in [6.45, 7) is 2.36. The van der Waals surface area contributed by atoms with Gasteiger partial charge in [-0.1, -0.05) is 12.0 Å². The molecule has 3 heterocycles. The van der Waals surface area contributed by atoms with Crippen molar-refractivity contribution in [2.75, 3.05) is 5.32 Å². The standard InChI is InChI=1S/C13H12F3N9O/c1-2-5-24-12(21-22-23-24)20-11(26)8-3-4-9(13(14,15)16)19-10(8)25-7-17-6-18-25/h3-4,6-7H,2,5H2,1H3,(H,20,21,23,26). The first-order valence-electron chi connectivity index (χ1n) is 7.41. The number of aryl methyl sites for hydroxylation is 1. The lowest BCUT2D eigenvalue weighted by Gasteiger charge is -2.12. The molecule has 0 fully saturated rings. The number of nitrogens with zero attached hydrogens (tertiary/aromatic N) is 8. The highest BCUT2D eigenvalue weighted by molar-refractivity contribution is 6.05. The molecule has 0 saturated carbocycles. The first-order chi connectivity index (χ1) is 12.4. The van der Waals surface area contributed by atoms with Gasteiger partial charge in [-0.3, -0.25) is 10.1 Å². The molecule has 13 heteroatoms. The van der Waals surface area contributed by atoms with Gasteiger partial charge < -0.3 is 0 Å². The Morgan fingerprint density at radius 1 is 1.31 bits per heavy atom. The number of halogens is 3. The van der Waals surface area contributed by atoms with Crippen molar-refractivity contribution in [3.63, 3.8) is 0 Å². The summed E-state index contributed by atoms with van der Waals surface area (Å²) in [5.41, 5.74) is -1.30. The van der Waals surface area contributed by atoms with Gasteiger partial charge in [-0.25, -0.2) is 19.3 Å². The van der Waals surface area contributed by atoms with E-state index in [1.165, 1.54) is 4.68 Å². The van der Waals surface area contributed by atoms with E-state index >= 15 is 0 Å². The number of tetrazole rings is 1. The SMILES string of the molecule is CCCn1nnnc1NC(=O)c1ccc(C(F)(F)F)nc1-n1cncn1. The first-order valence-corrected chi connectivity index (χ1v) is 7.41. The maximum absolute atomic E-state index is 12.9. The van der Waals surface area contributed by atoms with E-state index in [2.05, 4.69) is 35.9 Å². The lowest BCUT2D eigenvalue weighted by atomic mass is 10.2. The van der Waals surface area contributed by atoms with Crippen LogP contribution in [0.3, 0.4) is 0 Å². The highest BCUT2D eigenvalue weighted by atomic mass is 19.4. The van der Waals surface area contributed by atoms with Crippen LogP contribution in [0.25, 0.3) is 5.82 Å². The number of hydrogen-bond acceptors (Lipinski definition) is 7. The van der Waals surface area contributed by atoms with Crippen molar-refractivity contribution in [3.8, 4) is 5.82 Å². The molecule has 136 valence electrons. The minimum absolute atomic E-state index is 0.0706. The number of carbonyl (C=O) groups is 1. The maximum Gasteiger partial charge on any atom is 0.433 e. The van der Waals surface area contributed by atoms with Gasteiger partial charge in [0.05, 0.1) is 5.56 Å². The fourth-order valence-corrected chi connectivity index (χ4v) is 2.10. The Bertz CT molecular complexity index is 904. The Hall–Kier alpha value is -3.38. The zero-order valence-electron chi connectivity index (χ0n) is 13.3. The molecule has 0 unspecified atom stereocenters. The molecular formula is C13H12F3N9O. The van der Waals surface area contributed by atoms with Crippen LogP contribution in [0, 0.1) is 0 Å². The third-order valence-electron chi connectivity index (χ3n) is 3.24. The van der Waals surface area contributed by atoms with Crippen molar-refractivity contribution >= 4 is 11.9 Å². The number of pyridine rings is 1. The highest BCUT2D eigenvalue weighted by Crippen LogP contribution is 2.29. The Kier molecular flexibility index (Phi) is 4.60. The van der Waals surface area contributed by atoms with Crippen molar-refractivity contribution < 1.29 is 18.0 Å². The molecule has 0 bridgehead atoms. The topological polar surface area (TPSA) is 116 Å². The van der Waals surface area contributed by atoms with E-state index in [1.54, 1.807) is 0 Å². The second-order valence-electron chi connectivity index (χ2n) is 5.09. The van der Waals surface area contributed by atoms with E-state index in [9.17, 15) is 18.0 Å². The van der Waals surface area contributed by atoms with Gasteiger partial charge in [0.15, 0.2) is 5.82 Å². The molecule has 0 radical (unpaired) electrons. The van der Waals surface area contributed by atoms with Gasteiger partial charge in [-0.15, -0.1) is 0 Å². The predicted molar refractivity (Wildman–Crippen MR) is 80.2 cm³/mol. The fraction of sp³-hybridized carbons (Fsp3) is 0.308. The molecule has 0 saturated heterocycles. The van der Waals surface area contributed by atoms with E-state index in [4.69, 9.17) is 0 Å². The van der Waals surface area contributed by atoms with Gasteiger partial charge in [0.1, 0.15) is 18.3 Å². The number of carbonyl (C=O) groups excluding carboxylic acids is 1. The van der Waals surface area contributed by atoms with Crippen LogP contribution in [-0.2, 0) is 12.7 Å². The Morgan fingerprint density at radius 3 is 2.77 bits per heavy atom. The molecule has 3 aromatic rings. The van der Waals surface area contributed by atoms with Crippen LogP contribution in [0.15, 0.2) is 24.8 Å². The number of aromatic nitrogens is 8. The molecule has 3 aromatic heterocycles. The zero-order valence-corrected chi connectivity index (χ0v) is 13.3. The van der Waals surface area contributed by atoms with Gasteiger partial charge in [-0.2, -0.15) is 18.3 Å². The molecule has 1 amide bonds. The normalized spacial score (nSPS) is 11.5. The highest BCUT2D eigenvalue weighted by Gasteiger charge is 2.34. The molecular weight excluding hydrogens is 355 g/mol. The minimum Gasteiger partial charge on any atom is -0.289 e. The predicted octanol–water partition coefficient (Wildman–Crippen LogP) is 1.33. The average Bonchev–Trinajstić information content (AvgIpc) is 3.26. The van der Waals surface area contributed by atoms with Crippen molar-refractivity contribution in [2.45, 2.75) is 26.1 Å². The van der Waals surface area contributed by atoms with Crippen LogP contribution in [0.4, 0.5) is 19.1 Å². The van der Waals surface area contributed by atoms with Crippen molar-refractivity contribution in [3.05, 3.63) is 36.0 Å². The second-order valence-corrected chi connectivity index (χ2v) is 5.09. The summed E-state index contributed by atoms with van der Waals surface area (Å²) >= 11 is 0. The summed E-state index contributed by atoms with van der Waals surface area (Å²) in [5.74, 6) is -0.977. The number of nitrogens with one attached hydrogen (secondary N) is 1. The van der Waals surface area contributed by atoms with Crippen molar-refractivity contribution in [1.29, 1.82) is 0 Å². The number of rotatable bonds is 5. The Labute approximate surface area is 144 Å². The van der Waals surface area contributed by atoms with Crippen LogP contribution in [0.1, 0.15) is 29.4 Å². The van der Waals surface area contributed by atoms with E-state index < -0.39 is 17.8 Å². The Balaban J connectivity index is 1.98. The molecule has 0 aromatic carbocycles. The molecule has 0 aliphatic heterocycles. The lowest BCUT2D eigenvalue weighted by molar-refractivity contribution is -0.141. The lowest BCUT2D eigenvalue weighted by Crippen LogP contribution is -2.21. The molecule has 0 atom stereocenters. The molecule has 3 rings (SSSR count). The third-order valence-corrected chi connectivity index (χ3v) is 3.24. The third kappa shape index (κ3) is 3.50. The van der Waals surface area contributed by atoms with Gasteiger partial charge >= 0.3 is 6.18 Å². The summed E-state index contributed by atoms with van der Waals surface area (Å²) in [6, 6.07) is 1.72. The van der Waals surface area contributed by atoms with Crippen LogP contribution >= 0.6 is 0 Å². The second kappa shape index (κ2) is 6.85. The summed E-state index contributed by atoms with van der Waals surface area (Å²) in [4.78, 5) is 19.7. The molecule has 1 N–H and O–H groups in total. The van der Waals surface area contributed by atoms with E-state index in [0.717, 1.165) is 29.8 Å². The van der Waals surface area contributed by atoms with Crippen LogP contribution in [-0.4, -0.2) is 45.9 Å². The Morgan fingerprint density at radius 2 is 2.12 bits per heavy atom. The molecule has 10 nitrogen and oxygen atoms in total. The maximum atomic E-state index is 12.9. The van der Waals surface area contributed by atoms with Gasteiger partial charge in [0.25, 0.3) is 5.91 Å². The van der Waals surface area contributed by atoms with Gasteiger partial charge in [0, 0.05) is 6.54 Å². The average molecular weight is 367 g/mol. The van der Waals surface area contributed by atoms with Gasteiger partial charge in [0.2, 0.25) is 5.95 Å². The van der Waals surface area contributed by atoms with Crippen molar-refractivity contribution in [1.82, 2.24) is 40.0 Å². The molecule has 0 spiro atoms. The zero-order chi connectivity index (χ0) is 18.7. The number of hydrogen-bond donors (Lipinski definition) is 1. The quantitative estimate of drug-likeness (QED) is 0.723. The van der Waals surface area contributed by atoms with Crippen LogP contribution < -0.4 is 5.32 Å². The van der Waals surface area contributed by atoms with Crippen molar-refractivity contribution in [2.24, 2.45) is 0 Å². The smallest absolute Gasteiger partial charge is 0.289 e. The largest absolute Gasteiger partial charge is 0.433 e. The first kappa shape index (κ1) is 17.4. The molecule has 26 heavy (non-hydrogen) atoms. The van der Waals surface area contributed by atoms with E-state index in [0.29, 0.717) is 12.6 Å². The summed E-state index contributed by atoms with van der Waals surface area (Å²) in [6.07, 6.45) is -1.69. The summed E-state index contributed by atoms with van der Waals surface area (Å²) in [5, 5.41) is 17.1. The number of amides is 1. The van der Waals surface area contributed by atoms with Gasteiger partial charge in [-0.05, 0) is 29.0 Å². The number of alkyl halides is 3. The monoisotopic (exact) mass is 367 g/mol. The molecule has 0 aliphatic carbocycles. The van der Waals surface area contributed by atoms with Crippen LogP contribution in [0.2, 0.25) is 0 Å².